The van der Waals surface area contributed by atoms with Crippen molar-refractivity contribution in [1.29, 1.82) is 0 Å². The topological polar surface area (TPSA) is 75.2 Å². The van der Waals surface area contributed by atoms with Crippen LogP contribution in [0.1, 0.15) is 46.5 Å². The van der Waals surface area contributed by atoms with Gasteiger partial charge in [-0.05, 0) is 32.6 Å². The molecule has 0 amide bonds. The smallest absolute Gasteiger partial charge is 0.246 e. The first-order valence-electron chi connectivity index (χ1n) is 7.60. The van der Waals surface area contributed by atoms with Crippen LogP contribution < -0.4 is 5.32 Å². The van der Waals surface area contributed by atoms with Gasteiger partial charge in [-0.3, -0.25) is 0 Å². The van der Waals surface area contributed by atoms with Gasteiger partial charge < -0.3 is 5.32 Å². The maximum atomic E-state index is 12.8. The summed E-state index contributed by atoms with van der Waals surface area (Å²) in [7, 11) is -3.51. The summed E-state index contributed by atoms with van der Waals surface area (Å²) < 4.78 is 27.2. The monoisotopic (exact) mass is 312 g/mol. The average molecular weight is 312 g/mol. The Balaban J connectivity index is 2.22. The lowest BCUT2D eigenvalue weighted by Gasteiger charge is -2.26. The van der Waals surface area contributed by atoms with Gasteiger partial charge in [0.2, 0.25) is 16.0 Å². The molecule has 0 saturated carbocycles. The highest BCUT2D eigenvalue weighted by atomic mass is 32.2. The first-order chi connectivity index (χ1) is 10.0. The molecule has 2 unspecified atom stereocenters. The van der Waals surface area contributed by atoms with Crippen LogP contribution in [0.3, 0.4) is 0 Å². The lowest BCUT2D eigenvalue weighted by molar-refractivity contribution is 0.328. The van der Waals surface area contributed by atoms with E-state index >= 15 is 0 Å². The highest BCUT2D eigenvalue weighted by molar-refractivity contribution is 7.89. The van der Waals surface area contributed by atoms with E-state index in [1.165, 1.54) is 12.4 Å². The summed E-state index contributed by atoms with van der Waals surface area (Å²) in [4.78, 5) is 8.38. The summed E-state index contributed by atoms with van der Waals surface area (Å²) in [6, 6.07) is 0.126. The summed E-state index contributed by atoms with van der Waals surface area (Å²) in [6.07, 6.45) is 6.44. The molecular weight excluding hydrogens is 288 g/mol. The first-order valence-corrected chi connectivity index (χ1v) is 9.04. The lowest BCUT2D eigenvalue weighted by Crippen LogP contribution is -2.39. The third kappa shape index (κ3) is 3.35. The molecule has 2 atom stereocenters. The van der Waals surface area contributed by atoms with Gasteiger partial charge in [-0.1, -0.05) is 13.8 Å². The first kappa shape index (κ1) is 16.2. The molecule has 0 aliphatic carbocycles. The van der Waals surface area contributed by atoms with Gasteiger partial charge in [0.1, 0.15) is 4.90 Å². The number of hydrogen-bond acceptors (Lipinski definition) is 5. The number of sulfonamides is 1. The molecule has 1 aromatic rings. The molecule has 118 valence electrons. The Morgan fingerprint density at radius 3 is 2.52 bits per heavy atom. The van der Waals surface area contributed by atoms with Gasteiger partial charge in [0.05, 0.1) is 12.4 Å². The van der Waals surface area contributed by atoms with Crippen LogP contribution in [0.4, 0.5) is 5.95 Å². The molecule has 7 heteroatoms. The van der Waals surface area contributed by atoms with E-state index in [2.05, 4.69) is 15.3 Å². The van der Waals surface area contributed by atoms with E-state index in [0.717, 1.165) is 32.2 Å². The molecule has 21 heavy (non-hydrogen) atoms. The van der Waals surface area contributed by atoms with Crippen molar-refractivity contribution in [3.63, 3.8) is 0 Å². The number of nitrogens with zero attached hydrogens (tertiary/aromatic N) is 3. The lowest BCUT2D eigenvalue weighted by atomic mass is 10.2. The summed E-state index contributed by atoms with van der Waals surface area (Å²) in [5.41, 5.74) is 0. The number of rotatable bonds is 6. The SMILES string of the molecule is CCCNc1ncc(S(=O)(=O)N2C(C)CCC2CC)cn1. The largest absolute Gasteiger partial charge is 0.354 e. The molecule has 1 aromatic heterocycles. The van der Waals surface area contributed by atoms with E-state index < -0.39 is 10.0 Å². The fourth-order valence-electron chi connectivity index (χ4n) is 2.76. The Morgan fingerprint density at radius 1 is 1.29 bits per heavy atom. The van der Waals surface area contributed by atoms with E-state index in [1.54, 1.807) is 4.31 Å². The second-order valence-electron chi connectivity index (χ2n) is 5.49. The molecule has 1 fully saturated rings. The summed E-state index contributed by atoms with van der Waals surface area (Å²) in [5.74, 6) is 0.470. The van der Waals surface area contributed by atoms with Gasteiger partial charge in [-0.15, -0.1) is 0 Å². The molecule has 0 radical (unpaired) electrons. The van der Waals surface area contributed by atoms with Gasteiger partial charge in [-0.2, -0.15) is 4.31 Å². The molecule has 2 rings (SSSR count). The second-order valence-corrected chi connectivity index (χ2v) is 7.34. The van der Waals surface area contributed by atoms with Crippen molar-refractivity contribution < 1.29 is 8.42 Å². The van der Waals surface area contributed by atoms with Crippen molar-refractivity contribution in [2.75, 3.05) is 11.9 Å². The number of hydrogen-bond donors (Lipinski definition) is 1. The zero-order valence-corrected chi connectivity index (χ0v) is 13.7. The Kier molecular flexibility index (Phi) is 5.16. The van der Waals surface area contributed by atoms with Crippen LogP contribution in [0.15, 0.2) is 17.3 Å². The van der Waals surface area contributed by atoms with Crippen LogP contribution in [0.2, 0.25) is 0 Å². The van der Waals surface area contributed by atoms with Crippen LogP contribution in [-0.4, -0.2) is 41.3 Å². The summed E-state index contributed by atoms with van der Waals surface area (Å²) >= 11 is 0. The fourth-order valence-corrected chi connectivity index (χ4v) is 4.61. The van der Waals surface area contributed by atoms with E-state index in [9.17, 15) is 8.42 Å². The molecule has 0 bridgehead atoms. The maximum absolute atomic E-state index is 12.8. The average Bonchev–Trinajstić information content (AvgIpc) is 2.87. The Morgan fingerprint density at radius 2 is 1.95 bits per heavy atom. The number of anilines is 1. The minimum atomic E-state index is -3.51. The van der Waals surface area contributed by atoms with Crippen LogP contribution >= 0.6 is 0 Å². The van der Waals surface area contributed by atoms with Crippen molar-refractivity contribution in [1.82, 2.24) is 14.3 Å². The quantitative estimate of drug-likeness (QED) is 0.872. The second kappa shape index (κ2) is 6.70. The van der Waals surface area contributed by atoms with Crippen molar-refractivity contribution in [3.8, 4) is 0 Å². The Bertz CT molecular complexity index is 559. The molecule has 1 saturated heterocycles. The van der Waals surface area contributed by atoms with E-state index in [4.69, 9.17) is 0 Å². The van der Waals surface area contributed by atoms with E-state index in [0.29, 0.717) is 5.95 Å². The normalized spacial score (nSPS) is 23.4. The van der Waals surface area contributed by atoms with Gasteiger partial charge in [0.15, 0.2) is 0 Å². The van der Waals surface area contributed by atoms with Crippen LogP contribution in [0.5, 0.6) is 0 Å². The van der Waals surface area contributed by atoms with Crippen molar-refractivity contribution in [2.24, 2.45) is 0 Å². The van der Waals surface area contributed by atoms with Crippen LogP contribution in [0, 0.1) is 0 Å². The number of aromatic nitrogens is 2. The third-order valence-electron chi connectivity index (χ3n) is 3.92. The zero-order valence-electron chi connectivity index (χ0n) is 12.9. The third-order valence-corrected chi connectivity index (χ3v) is 5.94. The number of nitrogens with one attached hydrogen (secondary N) is 1. The van der Waals surface area contributed by atoms with Crippen molar-refractivity contribution in [3.05, 3.63) is 12.4 Å². The molecule has 0 aromatic carbocycles. The Labute approximate surface area is 127 Å². The maximum Gasteiger partial charge on any atom is 0.246 e. The van der Waals surface area contributed by atoms with Crippen LogP contribution in [-0.2, 0) is 10.0 Å². The van der Waals surface area contributed by atoms with E-state index in [1.807, 2.05) is 20.8 Å². The molecular formula is C14H24N4O2S. The Hall–Kier alpha value is -1.21. The molecule has 1 aliphatic heterocycles. The molecule has 0 spiro atoms. The summed E-state index contributed by atoms with van der Waals surface area (Å²) in [6.45, 7) is 6.81. The fraction of sp³-hybridized carbons (Fsp3) is 0.714. The van der Waals surface area contributed by atoms with Crippen LogP contribution in [0.25, 0.3) is 0 Å². The van der Waals surface area contributed by atoms with Gasteiger partial charge in [-0.25, -0.2) is 18.4 Å². The highest BCUT2D eigenvalue weighted by Gasteiger charge is 2.39. The predicted octanol–water partition coefficient (Wildman–Crippen LogP) is 2.25. The minimum Gasteiger partial charge on any atom is -0.354 e. The molecule has 1 aliphatic rings. The molecule has 6 nitrogen and oxygen atoms in total. The van der Waals surface area contributed by atoms with Gasteiger partial charge >= 0.3 is 0 Å². The minimum absolute atomic E-state index is 0.0397. The van der Waals surface area contributed by atoms with Gasteiger partial charge in [0, 0.05) is 18.6 Å². The standard InChI is InChI=1S/C14H24N4O2S/c1-4-8-15-14-16-9-13(10-17-14)21(19,20)18-11(3)6-7-12(18)5-2/h9-12H,4-8H2,1-3H3,(H,15,16,17). The van der Waals surface area contributed by atoms with Gasteiger partial charge in [0.25, 0.3) is 0 Å². The highest BCUT2D eigenvalue weighted by Crippen LogP contribution is 2.31. The summed E-state index contributed by atoms with van der Waals surface area (Å²) in [5, 5.41) is 3.04. The zero-order chi connectivity index (χ0) is 15.5. The van der Waals surface area contributed by atoms with Crippen molar-refractivity contribution >= 4 is 16.0 Å². The van der Waals surface area contributed by atoms with E-state index in [-0.39, 0.29) is 17.0 Å². The molecule has 1 N–H and O–H groups in total. The predicted molar refractivity (Wildman–Crippen MR) is 82.6 cm³/mol. The van der Waals surface area contributed by atoms with Crippen molar-refractivity contribution in [2.45, 2.75) is 63.4 Å². The molecule has 2 heterocycles.